The topological polar surface area (TPSA) is 67.8 Å². The summed E-state index contributed by atoms with van der Waals surface area (Å²) in [6.45, 7) is 13.7. The molecular weight excluding hydrogens is 766 g/mol. The number of rotatable bonds is 16. The molecular formula is C48H65F3N4O3Si. The summed E-state index contributed by atoms with van der Waals surface area (Å²) in [4.78, 5) is 14.4. The van der Waals surface area contributed by atoms with E-state index in [-0.39, 0.29) is 23.3 Å². The third-order valence-corrected chi connectivity index (χ3v) is 16.2. The average molecular weight is 831 g/mol. The molecule has 2 atom stereocenters. The summed E-state index contributed by atoms with van der Waals surface area (Å²) < 4.78 is 55.0. The third kappa shape index (κ3) is 12.9. The van der Waals surface area contributed by atoms with Gasteiger partial charge in [-0.2, -0.15) is 13.2 Å². The molecule has 1 aliphatic heterocycles. The first-order valence-corrected chi connectivity index (χ1v) is 23.2. The van der Waals surface area contributed by atoms with Crippen molar-refractivity contribution in [1.82, 2.24) is 14.8 Å². The minimum atomic E-state index is -4.43. The Bertz CT molecular complexity index is 1960. The number of nitrogens with zero attached hydrogens (tertiary/aromatic N) is 2. The van der Waals surface area contributed by atoms with Gasteiger partial charge < -0.3 is 29.3 Å². The lowest BCUT2D eigenvalue weighted by molar-refractivity contribution is -0.140. The van der Waals surface area contributed by atoms with Crippen molar-refractivity contribution >= 4 is 41.4 Å². The summed E-state index contributed by atoms with van der Waals surface area (Å²) in [5, 5.41) is 9.64. The predicted octanol–water partition coefficient (Wildman–Crippen LogP) is 10.1. The molecule has 2 heterocycles. The van der Waals surface area contributed by atoms with Gasteiger partial charge in [-0.3, -0.25) is 0 Å². The summed E-state index contributed by atoms with van der Waals surface area (Å²) in [5.74, 6) is 6.10. The number of hydrogen-bond acceptors (Lipinski definition) is 5. The van der Waals surface area contributed by atoms with Crippen LogP contribution in [0.3, 0.4) is 0 Å². The van der Waals surface area contributed by atoms with E-state index in [1.165, 1.54) is 34.2 Å². The highest BCUT2D eigenvalue weighted by Gasteiger charge is 2.50. The molecule has 0 radical (unpaired) electrons. The van der Waals surface area contributed by atoms with Crippen molar-refractivity contribution in [1.29, 1.82) is 0 Å². The number of fused-ring (bicyclic) bond motifs is 1. The van der Waals surface area contributed by atoms with E-state index >= 15 is 0 Å². The van der Waals surface area contributed by atoms with Crippen molar-refractivity contribution in [2.45, 2.75) is 122 Å². The lowest BCUT2D eigenvalue weighted by atomic mass is 9.87. The van der Waals surface area contributed by atoms with Crippen LogP contribution in [-0.2, 0) is 15.7 Å². The zero-order valence-corrected chi connectivity index (χ0v) is 37.2. The monoisotopic (exact) mass is 830 g/mol. The van der Waals surface area contributed by atoms with Gasteiger partial charge in [-0.25, -0.2) is 4.79 Å². The van der Waals surface area contributed by atoms with E-state index in [0.717, 1.165) is 57.5 Å². The highest BCUT2D eigenvalue weighted by molar-refractivity contribution is 6.99. The lowest BCUT2D eigenvalue weighted by Gasteiger charge is -2.43. The zero-order valence-electron chi connectivity index (χ0n) is 36.2. The number of likely N-dealkylation sites (tertiary alicyclic amines) is 1. The predicted molar refractivity (Wildman–Crippen MR) is 238 cm³/mol. The number of hydrogen-bond donors (Lipinski definition) is 2. The number of anilines is 1. The molecule has 0 saturated carbocycles. The molecule has 5 rings (SSSR count). The van der Waals surface area contributed by atoms with Crippen LogP contribution < -0.4 is 21.0 Å². The minimum Gasteiger partial charge on any atom is -0.444 e. The molecule has 3 aromatic carbocycles. The Kier molecular flexibility index (Phi) is 15.8. The van der Waals surface area contributed by atoms with E-state index in [9.17, 15) is 18.0 Å². The molecule has 2 N–H and O–H groups in total. The average Bonchev–Trinajstić information content (AvgIpc) is 3.51. The van der Waals surface area contributed by atoms with Crippen LogP contribution >= 0.6 is 0 Å². The Morgan fingerprint density at radius 2 is 1.47 bits per heavy atom. The van der Waals surface area contributed by atoms with Crippen LogP contribution in [0.4, 0.5) is 23.7 Å². The van der Waals surface area contributed by atoms with E-state index < -0.39 is 32.7 Å². The number of carbonyl (C=O) groups is 1. The fourth-order valence-electron chi connectivity index (χ4n) is 8.53. The minimum absolute atomic E-state index is 0.0264. The van der Waals surface area contributed by atoms with Gasteiger partial charge in [0.25, 0.3) is 8.32 Å². The van der Waals surface area contributed by atoms with Crippen molar-refractivity contribution in [2.75, 3.05) is 38.6 Å². The molecule has 11 heteroatoms. The summed E-state index contributed by atoms with van der Waals surface area (Å²) >= 11 is 0. The van der Waals surface area contributed by atoms with Crippen LogP contribution in [0.5, 0.6) is 0 Å². The highest BCUT2D eigenvalue weighted by Crippen LogP contribution is 2.37. The van der Waals surface area contributed by atoms with E-state index in [1.807, 2.05) is 12.1 Å². The first kappa shape index (κ1) is 45.8. The second-order valence-electron chi connectivity index (χ2n) is 18.1. The molecule has 59 heavy (non-hydrogen) atoms. The van der Waals surface area contributed by atoms with Gasteiger partial charge in [0.15, 0.2) is 0 Å². The van der Waals surface area contributed by atoms with Gasteiger partial charge in [0.05, 0.1) is 17.8 Å². The Hall–Kier alpha value is -4.24. The maximum Gasteiger partial charge on any atom is 0.408 e. The number of unbranched alkanes of at least 4 members (excludes halogenated alkanes) is 5. The molecule has 0 spiro atoms. The van der Waals surface area contributed by atoms with E-state index in [1.54, 1.807) is 32.9 Å². The normalized spacial score (nSPS) is 16.7. The molecule has 0 bridgehead atoms. The molecule has 1 amide bonds. The van der Waals surface area contributed by atoms with Crippen LogP contribution in [0.25, 0.3) is 10.9 Å². The molecule has 320 valence electrons. The highest BCUT2D eigenvalue weighted by atomic mass is 28.4. The van der Waals surface area contributed by atoms with Crippen molar-refractivity contribution in [3.63, 3.8) is 0 Å². The summed E-state index contributed by atoms with van der Waals surface area (Å²) in [6.07, 6.45) is 3.82. The van der Waals surface area contributed by atoms with Crippen LogP contribution in [0.15, 0.2) is 84.9 Å². The Morgan fingerprint density at radius 3 is 2.08 bits per heavy atom. The quantitative estimate of drug-likeness (QED) is 0.0669. The smallest absolute Gasteiger partial charge is 0.408 e. The van der Waals surface area contributed by atoms with Gasteiger partial charge in [-0.1, -0.05) is 126 Å². The van der Waals surface area contributed by atoms with Gasteiger partial charge in [-0.05, 0) is 99.1 Å². The number of carbonyl (C=O) groups excluding carboxylic acids is 1. The Morgan fingerprint density at radius 1 is 0.847 bits per heavy atom. The summed E-state index contributed by atoms with van der Waals surface area (Å²) in [5.41, 5.74) is 0.862. The molecule has 1 saturated heterocycles. The second-order valence-corrected chi connectivity index (χ2v) is 22.4. The van der Waals surface area contributed by atoms with Crippen LogP contribution in [0.2, 0.25) is 5.04 Å². The van der Waals surface area contributed by atoms with E-state index in [2.05, 4.69) is 116 Å². The van der Waals surface area contributed by atoms with Gasteiger partial charge >= 0.3 is 12.3 Å². The molecule has 0 aliphatic carbocycles. The maximum atomic E-state index is 13.8. The van der Waals surface area contributed by atoms with Crippen molar-refractivity contribution in [2.24, 2.45) is 5.92 Å². The fourth-order valence-corrected chi connectivity index (χ4v) is 13.1. The number of benzene rings is 3. The van der Waals surface area contributed by atoms with Crippen molar-refractivity contribution < 1.29 is 27.1 Å². The fraction of sp³-hybridized carbons (Fsp3) is 0.521. The third-order valence-electron chi connectivity index (χ3n) is 11.2. The van der Waals surface area contributed by atoms with Crippen LogP contribution in [0.1, 0.15) is 98.6 Å². The zero-order chi connectivity index (χ0) is 42.7. The Labute approximate surface area is 351 Å². The largest absolute Gasteiger partial charge is 0.444 e. The molecule has 4 aromatic rings. The number of aromatic nitrogens is 1. The lowest BCUT2D eigenvalue weighted by Crippen LogP contribution is -2.66. The SMILES string of the molecule is CN1CCC(Nc2cccc3c2cc(C#CCNC(=O)OC(C)(C)C)n3CC(F)(F)F)C(CCCCCCCCO[Si](c2ccccc2)(c2ccccc2)C(C)(C)C)C1. The van der Waals surface area contributed by atoms with Crippen LogP contribution in [-0.4, -0.2) is 75.0 Å². The summed E-state index contributed by atoms with van der Waals surface area (Å²) in [6, 6.07) is 29.1. The molecule has 1 fully saturated rings. The van der Waals surface area contributed by atoms with E-state index in [0.29, 0.717) is 16.8 Å². The molecule has 2 unspecified atom stereocenters. The molecule has 1 aromatic heterocycles. The number of alkyl carbamates (subject to hydrolysis) is 1. The number of amides is 1. The summed E-state index contributed by atoms with van der Waals surface area (Å²) in [7, 11) is -0.347. The maximum absolute atomic E-state index is 13.8. The Balaban J connectivity index is 1.16. The number of ether oxygens (including phenoxy) is 1. The van der Waals surface area contributed by atoms with Crippen LogP contribution in [0, 0.1) is 17.8 Å². The standard InChI is InChI=1S/C48H65F3N4O3Si/c1-46(2,3)58-45(56)52-31-21-23-38-34-41-43(28-20-29-44(41)55(38)36-48(49,50)51)53-42-30-32-54(7)35-37(42)22-14-10-8-9-11-19-33-57-59(47(4,5)6,39-24-15-12-16-25-39)40-26-17-13-18-27-40/h12-13,15-18,20,24-29,34,37,42,53H,8-11,14,19,22,30-33,35-36H2,1-7H3,(H,52,56). The number of alkyl halides is 3. The molecule has 1 aliphatic rings. The van der Waals surface area contributed by atoms with Crippen molar-refractivity contribution in [3.8, 4) is 11.8 Å². The molecule has 7 nitrogen and oxygen atoms in total. The first-order chi connectivity index (χ1) is 28.0. The van der Waals surface area contributed by atoms with Gasteiger partial charge in [0.1, 0.15) is 12.1 Å². The first-order valence-electron chi connectivity index (χ1n) is 21.3. The van der Waals surface area contributed by atoms with Gasteiger partial charge in [-0.15, -0.1) is 0 Å². The number of nitrogens with one attached hydrogen (secondary N) is 2. The second kappa shape index (κ2) is 20.3. The number of piperidine rings is 1. The van der Waals surface area contributed by atoms with Gasteiger partial charge in [0.2, 0.25) is 0 Å². The van der Waals surface area contributed by atoms with E-state index in [4.69, 9.17) is 9.16 Å². The number of halogens is 3. The van der Waals surface area contributed by atoms with Crippen molar-refractivity contribution in [3.05, 3.63) is 90.6 Å². The van der Waals surface area contributed by atoms with Gasteiger partial charge in [0, 0.05) is 30.3 Å².